The first-order valence-electron chi connectivity index (χ1n) is 14.0. The van der Waals surface area contributed by atoms with Crippen molar-refractivity contribution in [3.8, 4) is 0 Å². The maximum atomic E-state index is 14.9. The van der Waals surface area contributed by atoms with Crippen LogP contribution in [0.4, 0.5) is 16.0 Å². The summed E-state index contributed by atoms with van der Waals surface area (Å²) in [7, 11) is 3.95. The highest BCUT2D eigenvalue weighted by Gasteiger charge is 2.55. The van der Waals surface area contributed by atoms with Gasteiger partial charge in [0, 0.05) is 44.5 Å². The summed E-state index contributed by atoms with van der Waals surface area (Å²) in [6.07, 6.45) is 6.36. The highest BCUT2D eigenvalue weighted by atomic mass is 19.1. The molecule has 2 unspecified atom stereocenters. The van der Waals surface area contributed by atoms with Gasteiger partial charge < -0.3 is 25.1 Å². The predicted octanol–water partition coefficient (Wildman–Crippen LogP) is 3.06. The highest BCUT2D eigenvalue weighted by Crippen LogP contribution is 2.55. The summed E-state index contributed by atoms with van der Waals surface area (Å²) in [5.74, 6) is 1.47. The normalized spacial score (nSPS) is 32.2. The highest BCUT2D eigenvalue weighted by molar-refractivity contribution is 5.92. The molecule has 0 radical (unpaired) electrons. The third-order valence-electron chi connectivity index (χ3n) is 9.15. The van der Waals surface area contributed by atoms with Crippen molar-refractivity contribution in [2.24, 2.45) is 17.8 Å². The second-order valence-electron chi connectivity index (χ2n) is 12.4. The van der Waals surface area contributed by atoms with Crippen LogP contribution < -0.4 is 15.1 Å². The molecule has 1 aromatic heterocycles. The molecule has 1 amide bonds. The van der Waals surface area contributed by atoms with Gasteiger partial charge in [0.25, 0.3) is 5.91 Å². The van der Waals surface area contributed by atoms with Gasteiger partial charge in [0.15, 0.2) is 0 Å². The van der Waals surface area contributed by atoms with E-state index in [1.807, 2.05) is 31.1 Å². The average Bonchev–Trinajstić information content (AvgIpc) is 2.85. The molecule has 9 heteroatoms. The molecule has 1 saturated heterocycles. The van der Waals surface area contributed by atoms with Gasteiger partial charge in [0.1, 0.15) is 11.5 Å². The Hall–Kier alpha value is -2.78. The second-order valence-corrected chi connectivity index (χ2v) is 12.4. The van der Waals surface area contributed by atoms with E-state index in [-0.39, 0.29) is 23.8 Å². The minimum atomic E-state index is -0.519. The van der Waals surface area contributed by atoms with E-state index in [9.17, 15) is 14.3 Å². The molecule has 5 aliphatic rings. The minimum absolute atomic E-state index is 0.0492. The summed E-state index contributed by atoms with van der Waals surface area (Å²) in [6.45, 7) is 4.70. The quantitative estimate of drug-likeness (QED) is 0.603. The number of nitrogens with zero attached hydrogens (tertiary/aromatic N) is 5. The van der Waals surface area contributed by atoms with Crippen molar-refractivity contribution in [3.63, 3.8) is 0 Å². The molecule has 1 aliphatic heterocycles. The largest absolute Gasteiger partial charge is 0.390 e. The SMILES string of the molecule is C[C@@H]1CN(c2ccc(CN(C)C)cc2F)CCN1c1nccc(C(=O)N[C@H]2C3CC4CC2C[C@](O)(C4)C3)n1. The number of hydrogen-bond donors (Lipinski definition) is 2. The van der Waals surface area contributed by atoms with E-state index in [4.69, 9.17) is 0 Å². The molecule has 204 valence electrons. The van der Waals surface area contributed by atoms with Crippen molar-refractivity contribution in [2.45, 2.75) is 63.3 Å². The molecule has 2 N–H and O–H groups in total. The summed E-state index contributed by atoms with van der Waals surface area (Å²) in [6, 6.07) is 7.33. The Morgan fingerprint density at radius 1 is 1.18 bits per heavy atom. The van der Waals surface area contributed by atoms with Crippen molar-refractivity contribution in [3.05, 3.63) is 47.5 Å². The number of nitrogens with one attached hydrogen (secondary N) is 1. The molecule has 7 rings (SSSR count). The Morgan fingerprint density at radius 3 is 2.61 bits per heavy atom. The predicted molar refractivity (Wildman–Crippen MR) is 145 cm³/mol. The van der Waals surface area contributed by atoms with Gasteiger partial charge in [-0.1, -0.05) is 6.07 Å². The smallest absolute Gasteiger partial charge is 0.270 e. The third kappa shape index (κ3) is 4.86. The van der Waals surface area contributed by atoms with Gasteiger partial charge in [-0.15, -0.1) is 0 Å². The molecule has 4 saturated carbocycles. The van der Waals surface area contributed by atoms with Gasteiger partial charge in [-0.3, -0.25) is 4.79 Å². The van der Waals surface area contributed by atoms with Crippen LogP contribution >= 0.6 is 0 Å². The lowest BCUT2D eigenvalue weighted by Crippen LogP contribution is -2.61. The minimum Gasteiger partial charge on any atom is -0.390 e. The Bertz CT molecular complexity index is 1190. The Labute approximate surface area is 224 Å². The topological polar surface area (TPSA) is 84.8 Å². The molecular formula is C29H39FN6O2. The molecular weight excluding hydrogens is 483 g/mol. The lowest BCUT2D eigenvalue weighted by atomic mass is 9.52. The fourth-order valence-corrected chi connectivity index (χ4v) is 7.80. The van der Waals surface area contributed by atoms with Gasteiger partial charge in [0.2, 0.25) is 5.95 Å². The van der Waals surface area contributed by atoms with Crippen molar-refractivity contribution < 1.29 is 14.3 Å². The van der Waals surface area contributed by atoms with Gasteiger partial charge >= 0.3 is 0 Å². The number of carbonyl (C=O) groups excluding carboxylic acids is 1. The van der Waals surface area contributed by atoms with Crippen LogP contribution in [0.15, 0.2) is 30.5 Å². The summed E-state index contributed by atoms with van der Waals surface area (Å²) in [5, 5.41) is 14.1. The monoisotopic (exact) mass is 522 g/mol. The van der Waals surface area contributed by atoms with Gasteiger partial charge in [-0.2, -0.15) is 0 Å². The van der Waals surface area contributed by atoms with Crippen LogP contribution in [0.2, 0.25) is 0 Å². The van der Waals surface area contributed by atoms with E-state index in [1.165, 1.54) is 0 Å². The number of anilines is 2. The number of benzene rings is 1. The maximum absolute atomic E-state index is 14.9. The summed E-state index contributed by atoms with van der Waals surface area (Å²) < 4.78 is 14.9. The van der Waals surface area contributed by atoms with Crippen LogP contribution in [0, 0.1) is 23.6 Å². The third-order valence-corrected chi connectivity index (χ3v) is 9.15. The molecule has 5 fully saturated rings. The number of amides is 1. The summed E-state index contributed by atoms with van der Waals surface area (Å²) in [5.41, 5.74) is 1.43. The Morgan fingerprint density at radius 2 is 1.95 bits per heavy atom. The van der Waals surface area contributed by atoms with Gasteiger partial charge in [0.05, 0.1) is 11.3 Å². The number of halogens is 1. The molecule has 2 heterocycles. The van der Waals surface area contributed by atoms with Crippen LogP contribution in [0.1, 0.15) is 55.1 Å². The number of aromatic nitrogens is 2. The molecule has 2 aromatic rings. The van der Waals surface area contributed by atoms with Crippen molar-refractivity contribution in [1.82, 2.24) is 20.2 Å². The second kappa shape index (κ2) is 9.75. The molecule has 0 spiro atoms. The lowest BCUT2D eigenvalue weighted by molar-refractivity contribution is -0.136. The van der Waals surface area contributed by atoms with Crippen LogP contribution in [0.3, 0.4) is 0 Å². The van der Waals surface area contributed by atoms with E-state index >= 15 is 0 Å². The zero-order chi connectivity index (χ0) is 26.6. The molecule has 38 heavy (non-hydrogen) atoms. The zero-order valence-corrected chi connectivity index (χ0v) is 22.6. The lowest BCUT2D eigenvalue weighted by Gasteiger charge is -2.58. The Balaban J connectivity index is 1.11. The van der Waals surface area contributed by atoms with Crippen LogP contribution in [0.25, 0.3) is 0 Å². The number of aliphatic hydroxyl groups is 1. The van der Waals surface area contributed by atoms with Gasteiger partial charge in [-0.25, -0.2) is 14.4 Å². The molecule has 8 nitrogen and oxygen atoms in total. The van der Waals surface area contributed by atoms with E-state index in [2.05, 4.69) is 32.0 Å². The zero-order valence-electron chi connectivity index (χ0n) is 22.6. The van der Waals surface area contributed by atoms with E-state index in [0.29, 0.717) is 61.3 Å². The number of hydrogen-bond acceptors (Lipinski definition) is 7. The van der Waals surface area contributed by atoms with Crippen LogP contribution in [-0.2, 0) is 6.54 Å². The van der Waals surface area contributed by atoms with Crippen molar-refractivity contribution in [1.29, 1.82) is 0 Å². The van der Waals surface area contributed by atoms with E-state index in [0.717, 1.165) is 37.7 Å². The summed E-state index contributed by atoms with van der Waals surface area (Å²) >= 11 is 0. The van der Waals surface area contributed by atoms with Crippen molar-refractivity contribution >= 4 is 17.5 Å². The number of rotatable bonds is 6. The summed E-state index contributed by atoms with van der Waals surface area (Å²) in [4.78, 5) is 28.6. The van der Waals surface area contributed by atoms with Crippen LogP contribution in [-0.4, -0.2) is 77.3 Å². The van der Waals surface area contributed by atoms with Gasteiger partial charge in [-0.05, 0) is 94.6 Å². The fourth-order valence-electron chi connectivity index (χ4n) is 7.80. The molecule has 4 bridgehead atoms. The van der Waals surface area contributed by atoms with Crippen molar-refractivity contribution in [2.75, 3.05) is 43.5 Å². The Kier molecular flexibility index (Phi) is 6.54. The standard InChI is InChI=1S/C29H39FN6O2/c1-18-16-35(25-5-4-19(12-23(25)30)17-34(2)3)8-9-36(18)28-31-7-6-24(32-28)27(37)33-26-21-10-20-11-22(26)15-29(38,13-20)14-21/h4-7,12,18,20-22,26,38H,8-11,13-17H2,1-3H3,(H,33,37)/t18-,20?,21?,22?,26-,29-/m1/s1. The average molecular weight is 523 g/mol. The fraction of sp³-hybridized carbons (Fsp3) is 0.621. The van der Waals surface area contributed by atoms with Crippen LogP contribution in [0.5, 0.6) is 0 Å². The van der Waals surface area contributed by atoms with E-state index in [1.54, 1.807) is 18.3 Å². The number of piperazine rings is 1. The molecule has 1 aromatic carbocycles. The van der Waals surface area contributed by atoms with E-state index < -0.39 is 5.60 Å². The first-order valence-corrected chi connectivity index (χ1v) is 14.0. The molecule has 3 atom stereocenters. The first-order chi connectivity index (χ1) is 18.2. The maximum Gasteiger partial charge on any atom is 0.270 e. The molecule has 4 aliphatic carbocycles. The number of carbonyl (C=O) groups is 1. The first kappa shape index (κ1) is 25.5.